The SMILES string of the molecule is COC(=O)C(OC)C1C[C@@H]2O[C@H]1c1ccccc12. The van der Waals surface area contributed by atoms with Gasteiger partial charge in [0.2, 0.25) is 0 Å². The molecule has 2 unspecified atom stereocenters. The molecule has 0 aliphatic carbocycles. The van der Waals surface area contributed by atoms with Gasteiger partial charge in [0.15, 0.2) is 6.10 Å². The van der Waals surface area contributed by atoms with E-state index in [0.29, 0.717) is 0 Å². The van der Waals surface area contributed by atoms with Crippen molar-refractivity contribution in [3.05, 3.63) is 35.4 Å². The Bertz CT molecular complexity index is 471. The van der Waals surface area contributed by atoms with E-state index < -0.39 is 6.10 Å². The Balaban J connectivity index is 1.89. The standard InChI is InChI=1S/C14H16O4/c1-16-13(14(15)17-2)10-7-11-8-5-3-4-6-9(8)12(10)18-11/h3-6,10-13H,7H2,1-2H3/t10?,11-,12-,13?/m0/s1. The fourth-order valence-electron chi connectivity index (χ4n) is 3.12. The van der Waals surface area contributed by atoms with Crippen LogP contribution >= 0.6 is 0 Å². The van der Waals surface area contributed by atoms with Crippen LogP contribution in [0.15, 0.2) is 24.3 Å². The molecule has 4 nitrogen and oxygen atoms in total. The van der Waals surface area contributed by atoms with Gasteiger partial charge in [0.1, 0.15) is 0 Å². The van der Waals surface area contributed by atoms with E-state index >= 15 is 0 Å². The Morgan fingerprint density at radius 3 is 2.72 bits per heavy atom. The summed E-state index contributed by atoms with van der Waals surface area (Å²) < 4.78 is 16.0. The highest BCUT2D eigenvalue weighted by Gasteiger charge is 2.50. The topological polar surface area (TPSA) is 44.8 Å². The van der Waals surface area contributed by atoms with Gasteiger partial charge in [0.05, 0.1) is 19.3 Å². The molecule has 0 amide bonds. The largest absolute Gasteiger partial charge is 0.467 e. The minimum atomic E-state index is -0.543. The number of hydrogen-bond acceptors (Lipinski definition) is 4. The van der Waals surface area contributed by atoms with Crippen LogP contribution in [0.4, 0.5) is 0 Å². The minimum Gasteiger partial charge on any atom is -0.467 e. The molecule has 0 radical (unpaired) electrons. The first-order valence-electron chi connectivity index (χ1n) is 6.11. The van der Waals surface area contributed by atoms with Crippen molar-refractivity contribution in [2.24, 2.45) is 5.92 Å². The molecule has 3 rings (SSSR count). The van der Waals surface area contributed by atoms with Crippen LogP contribution in [-0.2, 0) is 19.0 Å². The quantitative estimate of drug-likeness (QED) is 0.767. The van der Waals surface area contributed by atoms with E-state index in [-0.39, 0.29) is 24.1 Å². The number of fused-ring (bicyclic) bond motifs is 5. The van der Waals surface area contributed by atoms with Crippen molar-refractivity contribution in [1.82, 2.24) is 0 Å². The van der Waals surface area contributed by atoms with Crippen molar-refractivity contribution in [1.29, 1.82) is 0 Å². The molecule has 18 heavy (non-hydrogen) atoms. The Morgan fingerprint density at radius 2 is 2.06 bits per heavy atom. The third-order valence-corrected chi connectivity index (χ3v) is 3.91. The second-order valence-electron chi connectivity index (χ2n) is 4.75. The molecule has 2 heterocycles. The minimum absolute atomic E-state index is 0.0438. The molecule has 1 aromatic rings. The first-order chi connectivity index (χ1) is 8.76. The second kappa shape index (κ2) is 4.37. The fourth-order valence-corrected chi connectivity index (χ4v) is 3.12. The summed E-state index contributed by atoms with van der Waals surface area (Å²) in [7, 11) is 2.93. The molecule has 2 aliphatic heterocycles. The molecule has 2 aliphatic rings. The maximum absolute atomic E-state index is 11.7. The predicted octanol–water partition coefficient (Wildman–Crippen LogP) is 2.01. The number of carbonyl (C=O) groups is 1. The summed E-state index contributed by atoms with van der Waals surface area (Å²) >= 11 is 0. The van der Waals surface area contributed by atoms with E-state index in [2.05, 4.69) is 12.1 Å². The van der Waals surface area contributed by atoms with E-state index in [1.54, 1.807) is 7.11 Å². The number of esters is 1. The van der Waals surface area contributed by atoms with Gasteiger partial charge in [-0.15, -0.1) is 0 Å². The van der Waals surface area contributed by atoms with Crippen LogP contribution in [0.1, 0.15) is 29.8 Å². The summed E-state index contributed by atoms with van der Waals surface area (Å²) in [5.41, 5.74) is 2.43. The Hall–Kier alpha value is -1.39. The van der Waals surface area contributed by atoms with Gasteiger partial charge in [-0.25, -0.2) is 4.79 Å². The van der Waals surface area contributed by atoms with Gasteiger partial charge < -0.3 is 14.2 Å². The monoisotopic (exact) mass is 248 g/mol. The maximum Gasteiger partial charge on any atom is 0.335 e. The van der Waals surface area contributed by atoms with Crippen molar-refractivity contribution >= 4 is 5.97 Å². The van der Waals surface area contributed by atoms with E-state index in [1.165, 1.54) is 18.2 Å². The maximum atomic E-state index is 11.7. The molecule has 1 saturated heterocycles. The van der Waals surface area contributed by atoms with Crippen LogP contribution in [-0.4, -0.2) is 26.3 Å². The van der Waals surface area contributed by atoms with E-state index in [9.17, 15) is 4.79 Å². The van der Waals surface area contributed by atoms with Crippen LogP contribution in [0.25, 0.3) is 0 Å². The fraction of sp³-hybridized carbons (Fsp3) is 0.500. The van der Waals surface area contributed by atoms with Crippen molar-refractivity contribution in [3.8, 4) is 0 Å². The average Bonchev–Trinajstić information content (AvgIpc) is 2.98. The molecule has 96 valence electrons. The van der Waals surface area contributed by atoms with Crippen molar-refractivity contribution < 1.29 is 19.0 Å². The first-order valence-corrected chi connectivity index (χ1v) is 6.11. The van der Waals surface area contributed by atoms with Crippen LogP contribution < -0.4 is 0 Å². The molecule has 1 fully saturated rings. The lowest BCUT2D eigenvalue weighted by molar-refractivity contribution is -0.157. The Kier molecular flexibility index (Phi) is 2.84. The van der Waals surface area contributed by atoms with Gasteiger partial charge in [-0.05, 0) is 17.5 Å². The number of benzene rings is 1. The third-order valence-electron chi connectivity index (χ3n) is 3.91. The lowest BCUT2D eigenvalue weighted by Crippen LogP contribution is -2.35. The zero-order valence-electron chi connectivity index (χ0n) is 10.5. The summed E-state index contributed by atoms with van der Waals surface area (Å²) in [6, 6.07) is 8.18. The molecule has 0 N–H and O–H groups in total. The highest BCUT2D eigenvalue weighted by Crippen LogP contribution is 2.55. The molecular weight excluding hydrogens is 232 g/mol. The smallest absolute Gasteiger partial charge is 0.335 e. The van der Waals surface area contributed by atoms with Gasteiger partial charge >= 0.3 is 5.97 Å². The van der Waals surface area contributed by atoms with Crippen LogP contribution in [0.3, 0.4) is 0 Å². The normalized spacial score (nSPS) is 30.0. The summed E-state index contributed by atoms with van der Waals surface area (Å²) in [5, 5.41) is 0. The number of methoxy groups -OCH3 is 2. The molecule has 4 heteroatoms. The van der Waals surface area contributed by atoms with Crippen molar-refractivity contribution in [2.75, 3.05) is 14.2 Å². The van der Waals surface area contributed by atoms with Gasteiger partial charge in [-0.2, -0.15) is 0 Å². The van der Waals surface area contributed by atoms with E-state index in [1.807, 2.05) is 12.1 Å². The number of rotatable bonds is 3. The number of ether oxygens (including phenoxy) is 3. The van der Waals surface area contributed by atoms with Gasteiger partial charge in [-0.3, -0.25) is 0 Å². The predicted molar refractivity (Wildman–Crippen MR) is 63.9 cm³/mol. The Labute approximate surface area is 106 Å². The molecule has 0 spiro atoms. The van der Waals surface area contributed by atoms with Gasteiger partial charge in [0.25, 0.3) is 0 Å². The summed E-state index contributed by atoms with van der Waals surface area (Å²) in [6.45, 7) is 0. The van der Waals surface area contributed by atoms with Gasteiger partial charge in [-0.1, -0.05) is 24.3 Å². The summed E-state index contributed by atoms with van der Waals surface area (Å²) in [6.07, 6.45) is 0.321. The summed E-state index contributed by atoms with van der Waals surface area (Å²) in [5.74, 6) is -0.279. The first kappa shape index (κ1) is 11.7. The van der Waals surface area contributed by atoms with Gasteiger partial charge in [0, 0.05) is 13.0 Å². The zero-order chi connectivity index (χ0) is 12.7. The van der Waals surface area contributed by atoms with Crippen LogP contribution in [0.5, 0.6) is 0 Å². The zero-order valence-corrected chi connectivity index (χ0v) is 10.5. The molecule has 2 bridgehead atoms. The lowest BCUT2D eigenvalue weighted by atomic mass is 9.81. The average molecular weight is 248 g/mol. The van der Waals surface area contributed by atoms with E-state index in [0.717, 1.165) is 6.42 Å². The number of carbonyl (C=O) groups excluding carboxylic acids is 1. The lowest BCUT2D eigenvalue weighted by Gasteiger charge is -2.26. The third kappa shape index (κ3) is 1.56. The molecule has 0 saturated carbocycles. The second-order valence-corrected chi connectivity index (χ2v) is 4.75. The van der Waals surface area contributed by atoms with Crippen molar-refractivity contribution in [3.63, 3.8) is 0 Å². The molecule has 4 atom stereocenters. The number of hydrogen-bond donors (Lipinski definition) is 0. The molecular formula is C14H16O4. The molecule has 1 aromatic carbocycles. The molecule has 0 aromatic heterocycles. The highest BCUT2D eigenvalue weighted by molar-refractivity contribution is 5.75. The van der Waals surface area contributed by atoms with Crippen molar-refractivity contribution in [2.45, 2.75) is 24.7 Å². The van der Waals surface area contributed by atoms with Crippen LogP contribution in [0, 0.1) is 5.92 Å². The summed E-state index contributed by atoms with van der Waals surface area (Å²) in [4.78, 5) is 11.7. The van der Waals surface area contributed by atoms with Crippen LogP contribution in [0.2, 0.25) is 0 Å². The van der Waals surface area contributed by atoms with E-state index in [4.69, 9.17) is 14.2 Å². The Morgan fingerprint density at radius 1 is 1.33 bits per heavy atom. The highest BCUT2D eigenvalue weighted by atomic mass is 16.6.